The summed E-state index contributed by atoms with van der Waals surface area (Å²) < 4.78 is 0. The molecule has 0 spiro atoms. The van der Waals surface area contributed by atoms with E-state index in [-0.39, 0.29) is 23.7 Å². The molecule has 2 aromatic rings. The maximum atomic E-state index is 13.0. The number of aromatic nitrogens is 1. The fourth-order valence-electron chi connectivity index (χ4n) is 3.14. The summed E-state index contributed by atoms with van der Waals surface area (Å²) in [5, 5.41) is 20.1. The average Bonchev–Trinajstić information content (AvgIpc) is 2.87. The Morgan fingerprint density at radius 2 is 1.67 bits per heavy atom. The lowest BCUT2D eigenvalue weighted by Gasteiger charge is -2.29. The topological polar surface area (TPSA) is 90.7 Å². The molecule has 140 valence electrons. The number of hydrogen-bond acceptors (Lipinski definition) is 5. The first-order valence-electron chi connectivity index (χ1n) is 8.67. The Kier molecular flexibility index (Phi) is 4.74. The van der Waals surface area contributed by atoms with Crippen LogP contribution in [0.1, 0.15) is 37.9 Å². The number of pyridine rings is 1. The van der Waals surface area contributed by atoms with E-state index in [0.717, 1.165) is 5.56 Å². The average molecular weight is 366 g/mol. The second-order valence-electron chi connectivity index (χ2n) is 7.62. The van der Waals surface area contributed by atoms with Gasteiger partial charge in [-0.25, -0.2) is 0 Å². The van der Waals surface area contributed by atoms with Crippen molar-refractivity contribution in [1.29, 1.82) is 0 Å². The Morgan fingerprint density at radius 1 is 1.07 bits per heavy atom. The van der Waals surface area contributed by atoms with Gasteiger partial charge < -0.3 is 15.1 Å². The van der Waals surface area contributed by atoms with Crippen molar-refractivity contribution in [2.24, 2.45) is 5.41 Å². The predicted molar refractivity (Wildman–Crippen MR) is 99.8 cm³/mol. The molecule has 0 bridgehead atoms. The number of carbonyl (C=O) groups is 2. The number of nitrogens with zero attached hydrogens (tertiary/aromatic N) is 2. The molecule has 0 saturated carbocycles. The monoisotopic (exact) mass is 366 g/mol. The van der Waals surface area contributed by atoms with Crippen LogP contribution in [0, 0.1) is 5.41 Å². The number of amides is 1. The molecule has 2 N–H and O–H groups in total. The van der Waals surface area contributed by atoms with E-state index < -0.39 is 23.1 Å². The van der Waals surface area contributed by atoms with Gasteiger partial charge in [0.25, 0.3) is 5.91 Å². The number of aliphatic hydroxyl groups excluding tert-OH is 1. The zero-order valence-corrected chi connectivity index (χ0v) is 15.5. The molecule has 0 fully saturated rings. The number of aliphatic hydroxyl groups is 1. The maximum Gasteiger partial charge on any atom is 0.290 e. The Morgan fingerprint density at radius 3 is 2.22 bits per heavy atom. The van der Waals surface area contributed by atoms with Crippen LogP contribution in [-0.2, 0) is 16.1 Å². The van der Waals surface area contributed by atoms with Crippen molar-refractivity contribution in [2.45, 2.75) is 33.4 Å². The summed E-state index contributed by atoms with van der Waals surface area (Å²) in [6, 6.07) is 9.14. The van der Waals surface area contributed by atoms with E-state index in [1.54, 1.807) is 57.4 Å². The number of hydrogen-bond donors (Lipinski definition) is 2. The molecular weight excluding hydrogens is 344 g/mol. The van der Waals surface area contributed by atoms with Gasteiger partial charge in [-0.3, -0.25) is 14.6 Å². The van der Waals surface area contributed by atoms with Crippen molar-refractivity contribution in [3.8, 4) is 5.75 Å². The van der Waals surface area contributed by atoms with Crippen molar-refractivity contribution in [2.75, 3.05) is 0 Å². The smallest absolute Gasteiger partial charge is 0.290 e. The van der Waals surface area contributed by atoms with Crippen LogP contribution in [0.4, 0.5) is 0 Å². The summed E-state index contributed by atoms with van der Waals surface area (Å²) in [4.78, 5) is 31.3. The molecule has 1 amide bonds. The second kappa shape index (κ2) is 6.87. The van der Waals surface area contributed by atoms with Crippen LogP contribution in [0.3, 0.4) is 0 Å². The van der Waals surface area contributed by atoms with E-state index in [0.29, 0.717) is 5.56 Å². The van der Waals surface area contributed by atoms with Gasteiger partial charge in [-0.1, -0.05) is 32.9 Å². The van der Waals surface area contributed by atoms with Gasteiger partial charge in [0.1, 0.15) is 5.75 Å². The first-order valence-corrected chi connectivity index (χ1v) is 8.67. The number of phenols is 1. The number of aromatic hydroxyl groups is 1. The fraction of sp³-hybridized carbons (Fsp3) is 0.286. The number of benzene rings is 1. The van der Waals surface area contributed by atoms with Gasteiger partial charge in [0, 0.05) is 24.4 Å². The van der Waals surface area contributed by atoms with E-state index in [1.165, 1.54) is 17.0 Å². The van der Waals surface area contributed by atoms with Gasteiger partial charge in [-0.2, -0.15) is 0 Å². The third-order valence-electron chi connectivity index (χ3n) is 4.54. The first-order chi connectivity index (χ1) is 12.7. The number of phenolic OH excluding ortho intramolecular Hbond substituents is 1. The van der Waals surface area contributed by atoms with Crippen molar-refractivity contribution >= 4 is 11.7 Å². The molecule has 3 rings (SSSR count). The minimum atomic E-state index is -0.758. The lowest BCUT2D eigenvalue weighted by atomic mass is 9.82. The highest BCUT2D eigenvalue weighted by molar-refractivity contribution is 6.10. The molecule has 1 aromatic carbocycles. The van der Waals surface area contributed by atoms with Gasteiger partial charge >= 0.3 is 0 Å². The zero-order valence-electron chi connectivity index (χ0n) is 15.5. The Balaban J connectivity index is 2.09. The second-order valence-corrected chi connectivity index (χ2v) is 7.62. The normalized spacial score (nSPS) is 17.5. The lowest BCUT2D eigenvalue weighted by molar-refractivity contribution is -0.130. The molecule has 0 saturated heterocycles. The summed E-state index contributed by atoms with van der Waals surface area (Å²) in [7, 11) is 0. The zero-order chi connectivity index (χ0) is 19.8. The fourth-order valence-corrected chi connectivity index (χ4v) is 3.14. The third kappa shape index (κ3) is 3.56. The van der Waals surface area contributed by atoms with Crippen molar-refractivity contribution in [3.63, 3.8) is 0 Å². The van der Waals surface area contributed by atoms with Crippen LogP contribution in [0.5, 0.6) is 5.75 Å². The van der Waals surface area contributed by atoms with Crippen LogP contribution in [0.2, 0.25) is 0 Å². The molecule has 0 radical (unpaired) electrons. The molecule has 0 aliphatic carbocycles. The predicted octanol–water partition coefficient (Wildman–Crippen LogP) is 3.30. The molecule has 1 unspecified atom stereocenters. The highest BCUT2D eigenvalue weighted by atomic mass is 16.3. The quantitative estimate of drug-likeness (QED) is 0.866. The van der Waals surface area contributed by atoms with E-state index in [4.69, 9.17) is 0 Å². The first kappa shape index (κ1) is 18.6. The maximum absolute atomic E-state index is 13.0. The van der Waals surface area contributed by atoms with E-state index >= 15 is 0 Å². The van der Waals surface area contributed by atoms with E-state index in [2.05, 4.69) is 4.98 Å². The minimum absolute atomic E-state index is 0.0839. The molecule has 6 nitrogen and oxygen atoms in total. The molecule has 27 heavy (non-hydrogen) atoms. The molecule has 1 aliphatic rings. The summed E-state index contributed by atoms with van der Waals surface area (Å²) >= 11 is 0. The Bertz CT molecular complexity index is 896. The van der Waals surface area contributed by atoms with Gasteiger partial charge in [0.15, 0.2) is 11.5 Å². The van der Waals surface area contributed by atoms with Crippen LogP contribution >= 0.6 is 0 Å². The van der Waals surface area contributed by atoms with Crippen LogP contribution in [0.15, 0.2) is 60.1 Å². The summed E-state index contributed by atoms with van der Waals surface area (Å²) in [6.07, 6.45) is 3.25. The van der Waals surface area contributed by atoms with Crippen molar-refractivity contribution < 1.29 is 19.8 Å². The minimum Gasteiger partial charge on any atom is -0.508 e. The van der Waals surface area contributed by atoms with Crippen LogP contribution in [0.25, 0.3) is 0 Å². The molecule has 1 atom stereocenters. The van der Waals surface area contributed by atoms with Crippen molar-refractivity contribution in [1.82, 2.24) is 9.88 Å². The largest absolute Gasteiger partial charge is 0.508 e. The van der Waals surface area contributed by atoms with Gasteiger partial charge in [0.2, 0.25) is 0 Å². The summed E-state index contributed by atoms with van der Waals surface area (Å²) in [5.74, 6) is -1.30. The molecule has 2 heterocycles. The number of ketones is 1. The standard InChI is InChI=1S/C21H22N2O4/c1-21(2,3)19(26)16-17(14-4-6-15(24)7-5-14)23(20(27)18(16)25)12-13-8-10-22-11-9-13/h4-11,17,24-25H,12H2,1-3H3. The summed E-state index contributed by atoms with van der Waals surface area (Å²) in [5.41, 5.74) is 0.810. The number of Topliss-reactive ketones (excluding diaryl/α,β-unsaturated/α-hetero) is 1. The lowest BCUT2D eigenvalue weighted by Crippen LogP contribution is -2.32. The Labute approximate surface area is 157 Å². The van der Waals surface area contributed by atoms with Crippen LogP contribution in [-0.4, -0.2) is 31.8 Å². The van der Waals surface area contributed by atoms with Gasteiger partial charge in [-0.05, 0) is 35.4 Å². The molecule has 1 aliphatic heterocycles. The molecule has 6 heteroatoms. The van der Waals surface area contributed by atoms with Gasteiger partial charge in [-0.15, -0.1) is 0 Å². The third-order valence-corrected chi connectivity index (χ3v) is 4.54. The van der Waals surface area contributed by atoms with E-state index in [9.17, 15) is 19.8 Å². The molecular formula is C21H22N2O4. The van der Waals surface area contributed by atoms with Gasteiger partial charge in [0.05, 0.1) is 11.6 Å². The number of carbonyl (C=O) groups excluding carboxylic acids is 2. The Hall–Kier alpha value is -3.15. The summed E-state index contributed by atoms with van der Waals surface area (Å²) in [6.45, 7) is 5.47. The van der Waals surface area contributed by atoms with E-state index in [1.807, 2.05) is 0 Å². The molecule has 1 aromatic heterocycles. The van der Waals surface area contributed by atoms with Crippen molar-refractivity contribution in [3.05, 3.63) is 71.3 Å². The highest BCUT2D eigenvalue weighted by Crippen LogP contribution is 2.41. The SMILES string of the molecule is CC(C)(C)C(=O)C1=C(O)C(=O)N(Cc2ccncc2)C1c1ccc(O)cc1. The van der Waals surface area contributed by atoms with Crippen LogP contribution < -0.4 is 0 Å². The highest BCUT2D eigenvalue weighted by Gasteiger charge is 2.45. The number of rotatable bonds is 4.